The minimum absolute atomic E-state index is 0.0649. The number of carbonyl (C=O) groups is 3. The number of hydrogen-bond acceptors (Lipinski definition) is 6. The van der Waals surface area contributed by atoms with E-state index in [2.05, 4.69) is 69.4 Å². The van der Waals surface area contributed by atoms with Crippen LogP contribution in [0.1, 0.15) is 387 Å². The summed E-state index contributed by atoms with van der Waals surface area (Å²) >= 11 is 0. The number of hydrogen-bond donors (Lipinski definition) is 0. The van der Waals surface area contributed by atoms with Crippen LogP contribution in [-0.4, -0.2) is 37.2 Å². The second-order valence-electron chi connectivity index (χ2n) is 24.1. The van der Waals surface area contributed by atoms with Crippen molar-refractivity contribution in [3.05, 3.63) is 48.6 Å². The van der Waals surface area contributed by atoms with Gasteiger partial charge in [-0.25, -0.2) is 0 Å². The molecule has 0 fully saturated rings. The van der Waals surface area contributed by atoms with Gasteiger partial charge in [-0.15, -0.1) is 0 Å². The maximum atomic E-state index is 12.9. The van der Waals surface area contributed by atoms with Crippen LogP contribution in [0.2, 0.25) is 0 Å². The summed E-state index contributed by atoms with van der Waals surface area (Å²) in [6.07, 6.45) is 87.2. The molecule has 0 aliphatic carbocycles. The summed E-state index contributed by atoms with van der Waals surface area (Å²) in [4.78, 5) is 38.4. The molecule has 0 aliphatic heterocycles. The lowest BCUT2D eigenvalue weighted by atomic mass is 10.0. The van der Waals surface area contributed by atoms with Crippen molar-refractivity contribution < 1.29 is 28.6 Å². The van der Waals surface area contributed by atoms with Crippen LogP contribution in [0.25, 0.3) is 0 Å². The van der Waals surface area contributed by atoms with Crippen molar-refractivity contribution in [1.82, 2.24) is 0 Å². The van der Waals surface area contributed by atoms with Gasteiger partial charge in [0.2, 0.25) is 0 Å². The Balaban J connectivity index is 4.14. The highest BCUT2D eigenvalue weighted by atomic mass is 16.6. The maximum Gasteiger partial charge on any atom is 0.306 e. The second-order valence-corrected chi connectivity index (χ2v) is 24.1. The predicted octanol–water partition coefficient (Wildman–Crippen LogP) is 24.5. The van der Waals surface area contributed by atoms with E-state index in [1.807, 2.05) is 0 Å². The summed E-state index contributed by atoms with van der Waals surface area (Å²) in [5.41, 5.74) is 0. The number of ether oxygens (including phenoxy) is 3. The van der Waals surface area contributed by atoms with Crippen LogP contribution < -0.4 is 0 Å². The molecule has 0 spiro atoms. The fraction of sp³-hybridized carbons (Fsp3) is 0.851. The van der Waals surface area contributed by atoms with Gasteiger partial charge in [-0.1, -0.05) is 358 Å². The Morgan fingerprint density at radius 2 is 0.487 bits per heavy atom. The normalized spacial score (nSPS) is 12.3. The van der Waals surface area contributed by atoms with Crippen LogP contribution in [-0.2, 0) is 28.6 Å². The van der Waals surface area contributed by atoms with Gasteiger partial charge in [-0.2, -0.15) is 0 Å². The summed E-state index contributed by atoms with van der Waals surface area (Å²) in [6, 6.07) is 0. The Morgan fingerprint density at radius 1 is 0.263 bits per heavy atom. The van der Waals surface area contributed by atoms with E-state index >= 15 is 0 Å². The van der Waals surface area contributed by atoms with Crippen molar-refractivity contribution in [3.63, 3.8) is 0 Å². The smallest absolute Gasteiger partial charge is 0.306 e. The van der Waals surface area contributed by atoms with Crippen LogP contribution in [0.3, 0.4) is 0 Å². The van der Waals surface area contributed by atoms with Crippen molar-refractivity contribution in [2.45, 2.75) is 393 Å². The van der Waals surface area contributed by atoms with Crippen LogP contribution in [0, 0.1) is 0 Å². The third-order valence-corrected chi connectivity index (χ3v) is 16.1. The molecule has 6 heteroatoms. The fourth-order valence-electron chi connectivity index (χ4n) is 10.8. The molecular weight excluding hydrogens is 985 g/mol. The van der Waals surface area contributed by atoms with Crippen molar-refractivity contribution >= 4 is 17.9 Å². The summed E-state index contributed by atoms with van der Waals surface area (Å²) in [5.74, 6) is -0.834. The molecule has 468 valence electrons. The van der Waals surface area contributed by atoms with Gasteiger partial charge in [0.15, 0.2) is 6.10 Å². The van der Waals surface area contributed by atoms with Crippen molar-refractivity contribution in [2.24, 2.45) is 0 Å². The van der Waals surface area contributed by atoms with E-state index in [1.54, 1.807) is 0 Å². The van der Waals surface area contributed by atoms with Gasteiger partial charge in [-0.3, -0.25) is 14.4 Å². The van der Waals surface area contributed by atoms with E-state index in [-0.39, 0.29) is 31.1 Å². The zero-order chi connectivity index (χ0) is 57.8. The number of unbranched alkanes of at least 4 members (excludes halogenated alkanes) is 47. The topological polar surface area (TPSA) is 78.9 Å². The molecule has 6 nitrogen and oxygen atoms in total. The summed E-state index contributed by atoms with van der Waals surface area (Å²) in [7, 11) is 0. The van der Waals surface area contributed by atoms with Gasteiger partial charge in [0.25, 0.3) is 0 Å². The molecule has 0 bridgehead atoms. The number of rotatable bonds is 66. The maximum absolute atomic E-state index is 12.9. The first kappa shape index (κ1) is 77.4. The quantitative estimate of drug-likeness (QED) is 0.0261. The molecule has 0 aliphatic rings. The van der Waals surface area contributed by atoms with Crippen molar-refractivity contribution in [1.29, 1.82) is 0 Å². The molecule has 0 aromatic heterocycles. The van der Waals surface area contributed by atoms with Gasteiger partial charge in [-0.05, 0) is 57.8 Å². The van der Waals surface area contributed by atoms with E-state index in [1.165, 1.54) is 263 Å². The molecule has 0 rings (SSSR count). The van der Waals surface area contributed by atoms with E-state index < -0.39 is 6.10 Å². The van der Waals surface area contributed by atoms with E-state index in [4.69, 9.17) is 14.2 Å². The molecule has 0 amide bonds. The van der Waals surface area contributed by atoms with E-state index in [0.717, 1.165) is 83.5 Å². The van der Waals surface area contributed by atoms with Crippen molar-refractivity contribution in [2.75, 3.05) is 13.2 Å². The van der Waals surface area contributed by atoms with Crippen molar-refractivity contribution in [3.8, 4) is 0 Å². The molecular formula is C74H136O6. The molecule has 0 radical (unpaired) electrons. The summed E-state index contributed by atoms with van der Waals surface area (Å²) in [5, 5.41) is 0. The van der Waals surface area contributed by atoms with E-state index in [9.17, 15) is 14.4 Å². The molecule has 0 aromatic rings. The minimum atomic E-state index is -0.768. The van der Waals surface area contributed by atoms with Crippen LogP contribution in [0.4, 0.5) is 0 Å². The number of allylic oxidation sites excluding steroid dienone is 8. The second kappa shape index (κ2) is 68.9. The van der Waals surface area contributed by atoms with Gasteiger partial charge in [0.1, 0.15) is 13.2 Å². The largest absolute Gasteiger partial charge is 0.462 e. The molecule has 0 heterocycles. The highest BCUT2D eigenvalue weighted by Crippen LogP contribution is 2.19. The molecule has 0 saturated heterocycles. The van der Waals surface area contributed by atoms with Gasteiger partial charge in [0.05, 0.1) is 0 Å². The van der Waals surface area contributed by atoms with Crippen LogP contribution >= 0.6 is 0 Å². The third-order valence-electron chi connectivity index (χ3n) is 16.1. The molecule has 0 saturated carbocycles. The minimum Gasteiger partial charge on any atom is -0.462 e. The lowest BCUT2D eigenvalue weighted by molar-refractivity contribution is -0.167. The monoisotopic (exact) mass is 1120 g/mol. The van der Waals surface area contributed by atoms with Crippen LogP contribution in [0.5, 0.6) is 0 Å². The SMILES string of the molecule is CC/C=C\C/C=C\C/C=C\C/C=C\CCCCCCCCCCCCCCCCCCCCC(=O)OCC(COC(=O)CCCCCCCCCCCCCC)OC(=O)CCCCCCCCCCCCCCCCCCCCC. The number of esters is 3. The summed E-state index contributed by atoms with van der Waals surface area (Å²) in [6.45, 7) is 6.60. The average Bonchev–Trinajstić information content (AvgIpc) is 3.46. The van der Waals surface area contributed by atoms with Crippen LogP contribution in [0.15, 0.2) is 48.6 Å². The van der Waals surface area contributed by atoms with Gasteiger partial charge >= 0.3 is 17.9 Å². The highest BCUT2D eigenvalue weighted by molar-refractivity contribution is 5.71. The Bertz CT molecular complexity index is 1380. The Morgan fingerprint density at radius 3 is 0.762 bits per heavy atom. The Kier molecular flexibility index (Phi) is 66.6. The molecule has 0 N–H and O–H groups in total. The zero-order valence-corrected chi connectivity index (χ0v) is 53.9. The summed E-state index contributed by atoms with van der Waals surface area (Å²) < 4.78 is 17.0. The molecule has 80 heavy (non-hydrogen) atoms. The Hall–Kier alpha value is -2.63. The fourth-order valence-corrected chi connectivity index (χ4v) is 10.8. The molecule has 1 atom stereocenters. The lowest BCUT2D eigenvalue weighted by Gasteiger charge is -2.18. The standard InChI is InChI=1S/C74H136O6/c1-4-7-10-13-16-19-22-25-27-29-31-32-33-34-35-36-37-38-39-40-41-42-44-45-47-49-52-55-58-61-64-67-73(76)79-70-71(69-78-72(75)66-63-60-57-54-51-24-21-18-15-12-9-6-3)80-74(77)68-65-62-59-56-53-50-48-46-43-30-28-26-23-20-17-14-11-8-5-2/h7,10,16,19,25,27,31-32,71H,4-6,8-9,11-15,17-18,20-24,26,28-30,33-70H2,1-3H3/b10-7-,19-16-,27-25-,32-31-. The van der Waals surface area contributed by atoms with E-state index in [0.29, 0.717) is 19.3 Å². The molecule has 0 aromatic carbocycles. The first-order valence-corrected chi connectivity index (χ1v) is 35.6. The predicted molar refractivity (Wildman–Crippen MR) is 349 cm³/mol. The third kappa shape index (κ3) is 66.2. The van der Waals surface area contributed by atoms with Gasteiger partial charge in [0, 0.05) is 19.3 Å². The number of carbonyl (C=O) groups excluding carboxylic acids is 3. The Labute approximate surface area is 498 Å². The molecule has 1 unspecified atom stereocenters. The zero-order valence-electron chi connectivity index (χ0n) is 53.9. The average molecular weight is 1120 g/mol. The van der Waals surface area contributed by atoms with Gasteiger partial charge < -0.3 is 14.2 Å². The lowest BCUT2D eigenvalue weighted by Crippen LogP contribution is -2.30. The highest BCUT2D eigenvalue weighted by Gasteiger charge is 2.19. The first-order chi connectivity index (χ1) is 39.5. The first-order valence-electron chi connectivity index (χ1n) is 35.6.